The van der Waals surface area contributed by atoms with Gasteiger partial charge in [-0.3, -0.25) is 19.3 Å². The molecule has 282 valence electrons. The summed E-state index contributed by atoms with van der Waals surface area (Å²) < 4.78 is 25.5. The maximum absolute atomic E-state index is 15.4. The van der Waals surface area contributed by atoms with Gasteiger partial charge in [0.1, 0.15) is 30.2 Å². The molecule has 0 radical (unpaired) electrons. The lowest BCUT2D eigenvalue weighted by Crippen LogP contribution is -2.65. The number of aromatic nitrogens is 2. The number of hydrogen-bond acceptors (Lipinski definition) is 11. The zero-order chi connectivity index (χ0) is 38.7. The number of benzene rings is 2. The van der Waals surface area contributed by atoms with Crippen LogP contribution in [0.25, 0.3) is 0 Å². The van der Waals surface area contributed by atoms with E-state index in [0.717, 1.165) is 11.1 Å². The van der Waals surface area contributed by atoms with Gasteiger partial charge in [0.05, 0.1) is 11.6 Å². The number of fused-ring (bicyclic) bond motifs is 4. The summed E-state index contributed by atoms with van der Waals surface area (Å²) in [5.74, 6) is -2.70. The lowest BCUT2D eigenvalue weighted by atomic mass is 9.58. The zero-order valence-electron chi connectivity index (χ0n) is 31.4. The lowest BCUT2D eigenvalue weighted by molar-refractivity contribution is -0.0480. The first kappa shape index (κ1) is 37.7. The molecular weight excluding hydrogens is 726 g/mol. The third-order valence-corrected chi connectivity index (χ3v) is 16.2. The van der Waals surface area contributed by atoms with Crippen molar-refractivity contribution in [1.29, 1.82) is 0 Å². The van der Waals surface area contributed by atoms with Crippen molar-refractivity contribution in [2.24, 2.45) is 11.8 Å². The third-order valence-electron chi connectivity index (χ3n) is 11.5. The van der Waals surface area contributed by atoms with E-state index in [9.17, 15) is 9.90 Å². The highest BCUT2D eigenvalue weighted by Crippen LogP contribution is 2.60. The number of hydrogen-bond donors (Lipinski definition) is 1. The number of aliphatic hydroxyl groups is 1. The van der Waals surface area contributed by atoms with Crippen molar-refractivity contribution >= 4 is 37.8 Å². The van der Waals surface area contributed by atoms with E-state index in [4.69, 9.17) is 30.0 Å². The van der Waals surface area contributed by atoms with E-state index in [1.54, 1.807) is 0 Å². The Kier molecular flexibility index (Phi) is 9.70. The average molecular weight is 770 g/mol. The molecule has 4 atom stereocenters. The lowest BCUT2D eigenvalue weighted by Gasteiger charge is -2.55. The van der Waals surface area contributed by atoms with Gasteiger partial charge in [-0.1, -0.05) is 93.0 Å². The molecule has 4 aromatic rings. The molecule has 1 N–H and O–H groups in total. The minimum Gasteiger partial charge on any atom is -0.508 e. The van der Waals surface area contributed by atoms with Gasteiger partial charge in [0.2, 0.25) is 5.78 Å². The Hall–Kier alpha value is -4.62. The molecular formula is C41H44ClN3O8Si. The minimum atomic E-state index is -2.92. The smallest absolute Gasteiger partial charge is 0.265 e. The van der Waals surface area contributed by atoms with Gasteiger partial charge in [-0.05, 0) is 72.8 Å². The second kappa shape index (κ2) is 13.9. The molecule has 3 aliphatic carbocycles. The summed E-state index contributed by atoms with van der Waals surface area (Å²) in [7, 11) is 0.799. The number of aliphatic hydroxyl groups excluding tert-OH is 1. The first-order valence-corrected chi connectivity index (χ1v) is 21.3. The van der Waals surface area contributed by atoms with Gasteiger partial charge < -0.3 is 23.5 Å². The molecule has 0 saturated carbocycles. The number of aldehydes is 1. The van der Waals surface area contributed by atoms with Gasteiger partial charge in [-0.15, -0.1) is 0 Å². The number of allylic oxidation sites excluding steroid dienone is 1. The van der Waals surface area contributed by atoms with Crippen molar-refractivity contribution in [3.63, 3.8) is 0 Å². The molecule has 3 aliphatic rings. The number of pyridine rings is 1. The predicted molar refractivity (Wildman–Crippen MR) is 204 cm³/mol. The summed E-state index contributed by atoms with van der Waals surface area (Å²) in [6, 6.07) is 18.2. The Morgan fingerprint density at radius 3 is 2.19 bits per heavy atom. The van der Waals surface area contributed by atoms with Crippen LogP contribution in [-0.2, 0) is 24.1 Å². The highest BCUT2D eigenvalue weighted by Gasteiger charge is 2.67. The Morgan fingerprint density at radius 2 is 1.61 bits per heavy atom. The molecule has 2 heterocycles. The van der Waals surface area contributed by atoms with Crippen molar-refractivity contribution in [3.05, 3.63) is 116 Å². The fourth-order valence-corrected chi connectivity index (χ4v) is 9.55. The van der Waals surface area contributed by atoms with E-state index in [0.29, 0.717) is 17.6 Å². The zero-order valence-corrected chi connectivity index (χ0v) is 33.2. The van der Waals surface area contributed by atoms with Gasteiger partial charge in [0.25, 0.3) is 5.88 Å². The topological polar surface area (TPSA) is 141 Å². The second-order valence-corrected chi connectivity index (χ2v) is 21.1. The van der Waals surface area contributed by atoms with Crippen LogP contribution in [0.15, 0.2) is 76.5 Å². The van der Waals surface area contributed by atoms with Gasteiger partial charge in [-0.2, -0.15) is 0 Å². The summed E-state index contributed by atoms with van der Waals surface area (Å²) >= 11 is 6.64. The van der Waals surface area contributed by atoms with E-state index >= 15 is 9.59 Å². The van der Waals surface area contributed by atoms with Crippen LogP contribution in [0.5, 0.6) is 11.6 Å². The molecule has 0 saturated heterocycles. The highest BCUT2D eigenvalue weighted by atomic mass is 35.5. The van der Waals surface area contributed by atoms with E-state index < -0.39 is 54.2 Å². The van der Waals surface area contributed by atoms with Crippen LogP contribution >= 0.6 is 11.6 Å². The second-order valence-electron chi connectivity index (χ2n) is 16.0. The van der Waals surface area contributed by atoms with Crippen molar-refractivity contribution in [2.45, 2.75) is 76.6 Å². The number of halogens is 1. The first-order valence-electron chi connectivity index (χ1n) is 18.0. The monoisotopic (exact) mass is 769 g/mol. The van der Waals surface area contributed by atoms with Crippen LogP contribution in [0.2, 0.25) is 23.3 Å². The molecule has 13 heteroatoms. The number of Topliss-reactive ketones (excluding diaryl/α,β-unsaturated/α-hetero) is 2. The van der Waals surface area contributed by atoms with E-state index in [-0.39, 0.29) is 65.2 Å². The quantitative estimate of drug-likeness (QED) is 0.0949. The van der Waals surface area contributed by atoms with E-state index in [2.05, 4.69) is 10.1 Å². The summed E-state index contributed by atoms with van der Waals surface area (Å²) in [6.45, 7) is 10.3. The fraction of sp³-hybridized carbons (Fsp3) is 0.390. The number of carbonyl (C=O) groups excluding carboxylic acids is 3. The Morgan fingerprint density at radius 1 is 1.00 bits per heavy atom. The van der Waals surface area contributed by atoms with Crippen LogP contribution in [-0.4, -0.2) is 66.0 Å². The predicted octanol–water partition coefficient (Wildman–Crippen LogP) is 8.14. The SMILES string of the molecule is CN(C)[C@@H]1c2onc(OCc3ccccc3)c2C(=O)[C@@]2(O[Si](C)(C)C(C)(C)C)C(O)=C3C(=O)c4c(c(C=O)nc(Cl)c4OCc4ccccc4)C[C@H]3C[C@@H]12. The van der Waals surface area contributed by atoms with Crippen LogP contribution in [0.1, 0.15) is 86.9 Å². The van der Waals surface area contributed by atoms with Gasteiger partial charge in [0.15, 0.2) is 42.7 Å². The fourth-order valence-electron chi connectivity index (χ4n) is 7.86. The summed E-state index contributed by atoms with van der Waals surface area (Å²) in [5, 5.41) is 16.6. The van der Waals surface area contributed by atoms with Crippen LogP contribution in [0, 0.1) is 11.8 Å². The molecule has 2 aromatic heterocycles. The molecule has 0 bridgehead atoms. The largest absolute Gasteiger partial charge is 0.508 e. The summed E-state index contributed by atoms with van der Waals surface area (Å²) in [4.78, 5) is 49.1. The summed E-state index contributed by atoms with van der Waals surface area (Å²) in [6.07, 6.45) is 0.969. The summed E-state index contributed by atoms with van der Waals surface area (Å²) in [5.41, 5.74) is 0.204. The first-order chi connectivity index (χ1) is 25.6. The van der Waals surface area contributed by atoms with Crippen molar-refractivity contribution in [3.8, 4) is 11.6 Å². The van der Waals surface area contributed by atoms with Crippen LogP contribution in [0.3, 0.4) is 0 Å². The van der Waals surface area contributed by atoms with Crippen LogP contribution < -0.4 is 9.47 Å². The van der Waals surface area contributed by atoms with Crippen LogP contribution in [0.4, 0.5) is 0 Å². The van der Waals surface area contributed by atoms with E-state index in [1.165, 1.54) is 0 Å². The number of ether oxygens (including phenoxy) is 2. The molecule has 11 nitrogen and oxygen atoms in total. The molecule has 0 amide bonds. The van der Waals surface area contributed by atoms with Gasteiger partial charge in [-0.25, -0.2) is 4.98 Å². The third kappa shape index (κ3) is 6.09. The minimum absolute atomic E-state index is 0.00501. The van der Waals surface area contributed by atoms with E-state index in [1.807, 2.05) is 114 Å². The highest BCUT2D eigenvalue weighted by molar-refractivity contribution is 6.74. The molecule has 0 fully saturated rings. The number of carbonyl (C=O) groups is 3. The van der Waals surface area contributed by atoms with Gasteiger partial charge in [0, 0.05) is 11.5 Å². The molecule has 7 rings (SSSR count). The maximum atomic E-state index is 15.4. The Balaban J connectivity index is 1.43. The standard InChI is InChI=1S/C41H44ClN3O8Si/c1-40(2,3)54(6,7)53-41-27(32(45(4)5)34-31(37(41)49)39(44-52-34)51-22-24-16-12-9-13-17-24)19-25-18-26-28(20-46)43-38(42)35(30(26)33(47)29(25)36(41)48)50-21-23-14-10-8-11-15-23/h8-17,20,25,27,32,48H,18-19,21-22H2,1-7H3/t25-,27-,32-,41-/m0/s1. The Labute approximate surface area is 320 Å². The molecule has 0 aliphatic heterocycles. The average Bonchev–Trinajstić information content (AvgIpc) is 3.55. The van der Waals surface area contributed by atoms with Gasteiger partial charge >= 0.3 is 0 Å². The molecule has 0 unspecified atom stereocenters. The molecule has 0 spiro atoms. The van der Waals surface area contributed by atoms with Crippen molar-refractivity contribution < 1.29 is 37.9 Å². The number of rotatable bonds is 10. The Bertz CT molecular complexity index is 2160. The molecule has 54 heavy (non-hydrogen) atoms. The van der Waals surface area contributed by atoms with Crippen molar-refractivity contribution in [2.75, 3.05) is 14.1 Å². The number of ketones is 2. The van der Waals surface area contributed by atoms with Crippen molar-refractivity contribution in [1.82, 2.24) is 15.0 Å². The molecule has 2 aromatic carbocycles. The normalized spacial score (nSPS) is 22.4. The maximum Gasteiger partial charge on any atom is 0.265 e. The number of nitrogens with zero attached hydrogens (tertiary/aromatic N) is 3.